The average molecular weight is 290 g/mol. The SMILES string of the molecule is Cc1ccc2sc(N3CC(C(=O)O)CC3=O)nc2c1C. The minimum atomic E-state index is -0.922. The number of carboxylic acids is 1. The molecule has 1 aromatic heterocycles. The molecular weight excluding hydrogens is 276 g/mol. The molecule has 1 aliphatic rings. The number of nitrogens with zero attached hydrogens (tertiary/aromatic N) is 2. The summed E-state index contributed by atoms with van der Waals surface area (Å²) in [7, 11) is 0. The number of aromatic nitrogens is 1. The second kappa shape index (κ2) is 4.56. The quantitative estimate of drug-likeness (QED) is 0.921. The number of carbonyl (C=O) groups is 2. The Labute approximate surface area is 119 Å². The second-order valence-electron chi connectivity index (χ2n) is 5.09. The van der Waals surface area contributed by atoms with Gasteiger partial charge in [0.25, 0.3) is 0 Å². The molecule has 3 rings (SSSR count). The van der Waals surface area contributed by atoms with E-state index in [9.17, 15) is 9.59 Å². The summed E-state index contributed by atoms with van der Waals surface area (Å²) in [5.41, 5.74) is 3.16. The lowest BCUT2D eigenvalue weighted by atomic mass is 10.1. The molecule has 104 valence electrons. The number of anilines is 1. The monoisotopic (exact) mass is 290 g/mol. The van der Waals surface area contributed by atoms with E-state index in [2.05, 4.69) is 4.98 Å². The Morgan fingerprint density at radius 2 is 2.20 bits per heavy atom. The molecular formula is C14H14N2O3S. The van der Waals surface area contributed by atoms with Crippen LogP contribution in [0.1, 0.15) is 17.5 Å². The normalized spacial score (nSPS) is 19.0. The Bertz CT molecular complexity index is 723. The number of hydrogen-bond donors (Lipinski definition) is 1. The van der Waals surface area contributed by atoms with Gasteiger partial charge in [0.1, 0.15) is 0 Å². The fourth-order valence-electron chi connectivity index (χ4n) is 2.39. The Morgan fingerprint density at radius 1 is 1.45 bits per heavy atom. The Morgan fingerprint density at radius 3 is 2.85 bits per heavy atom. The lowest BCUT2D eigenvalue weighted by Crippen LogP contribution is -2.25. The minimum absolute atomic E-state index is 0.0588. The summed E-state index contributed by atoms with van der Waals surface area (Å²) >= 11 is 1.44. The van der Waals surface area contributed by atoms with Crippen molar-refractivity contribution in [2.24, 2.45) is 5.92 Å². The molecule has 0 saturated carbocycles. The zero-order valence-corrected chi connectivity index (χ0v) is 12.0. The van der Waals surface area contributed by atoms with Crippen molar-refractivity contribution in [1.82, 2.24) is 4.98 Å². The molecule has 20 heavy (non-hydrogen) atoms. The van der Waals surface area contributed by atoms with Gasteiger partial charge in [0.05, 0.1) is 16.1 Å². The summed E-state index contributed by atoms with van der Waals surface area (Å²) in [6.07, 6.45) is 0.0588. The standard InChI is InChI=1S/C14H14N2O3S/c1-7-3-4-10-12(8(7)2)15-14(20-10)16-6-9(13(18)19)5-11(16)17/h3-4,9H,5-6H2,1-2H3,(H,18,19). The molecule has 0 bridgehead atoms. The highest BCUT2D eigenvalue weighted by molar-refractivity contribution is 7.22. The molecule has 2 aromatic rings. The van der Waals surface area contributed by atoms with Crippen LogP contribution in [-0.2, 0) is 9.59 Å². The van der Waals surface area contributed by atoms with Gasteiger partial charge in [0, 0.05) is 13.0 Å². The maximum atomic E-state index is 11.9. The summed E-state index contributed by atoms with van der Waals surface area (Å²) in [5.74, 6) is -1.71. The number of carbonyl (C=O) groups excluding carboxylic acids is 1. The zero-order valence-electron chi connectivity index (χ0n) is 11.2. The van der Waals surface area contributed by atoms with E-state index < -0.39 is 11.9 Å². The Kier molecular flexibility index (Phi) is 2.97. The molecule has 1 unspecified atom stereocenters. The molecule has 1 amide bonds. The van der Waals surface area contributed by atoms with Crippen LogP contribution in [0, 0.1) is 19.8 Å². The van der Waals surface area contributed by atoms with Crippen molar-refractivity contribution in [3.63, 3.8) is 0 Å². The number of carboxylic acid groups (broad SMARTS) is 1. The van der Waals surface area contributed by atoms with Gasteiger partial charge in [-0.25, -0.2) is 4.98 Å². The van der Waals surface area contributed by atoms with Gasteiger partial charge in [-0.05, 0) is 31.0 Å². The largest absolute Gasteiger partial charge is 0.481 e. The van der Waals surface area contributed by atoms with Crippen LogP contribution in [0.3, 0.4) is 0 Å². The first-order chi connectivity index (χ1) is 9.47. The van der Waals surface area contributed by atoms with Crippen LogP contribution in [0.2, 0.25) is 0 Å². The first kappa shape index (κ1) is 13.1. The number of aliphatic carboxylic acids is 1. The number of amides is 1. The molecule has 1 N–H and O–H groups in total. The molecule has 0 radical (unpaired) electrons. The molecule has 0 spiro atoms. The Hall–Kier alpha value is -1.95. The van der Waals surface area contributed by atoms with Gasteiger partial charge >= 0.3 is 5.97 Å². The smallest absolute Gasteiger partial charge is 0.308 e. The topological polar surface area (TPSA) is 70.5 Å². The van der Waals surface area contributed by atoms with Crippen molar-refractivity contribution in [1.29, 1.82) is 0 Å². The van der Waals surface area contributed by atoms with Gasteiger partial charge < -0.3 is 5.11 Å². The van der Waals surface area contributed by atoms with E-state index in [1.54, 1.807) is 0 Å². The molecule has 0 aliphatic carbocycles. The number of fused-ring (bicyclic) bond motifs is 1. The summed E-state index contributed by atoms with van der Waals surface area (Å²) in [6, 6.07) is 4.03. The second-order valence-corrected chi connectivity index (χ2v) is 6.10. The first-order valence-corrected chi connectivity index (χ1v) is 7.19. The van der Waals surface area contributed by atoms with Gasteiger partial charge in [0.2, 0.25) is 5.91 Å². The summed E-state index contributed by atoms with van der Waals surface area (Å²) in [5, 5.41) is 9.62. The van der Waals surface area contributed by atoms with Crippen LogP contribution in [0.25, 0.3) is 10.2 Å². The predicted molar refractivity (Wildman–Crippen MR) is 77.2 cm³/mol. The van der Waals surface area contributed by atoms with E-state index in [4.69, 9.17) is 5.11 Å². The maximum Gasteiger partial charge on any atom is 0.308 e. The maximum absolute atomic E-state index is 11.9. The van der Waals surface area contributed by atoms with Crippen molar-refractivity contribution >= 4 is 38.6 Å². The van der Waals surface area contributed by atoms with Crippen molar-refractivity contribution in [3.05, 3.63) is 23.3 Å². The van der Waals surface area contributed by atoms with Gasteiger partial charge in [-0.1, -0.05) is 17.4 Å². The summed E-state index contributed by atoms with van der Waals surface area (Å²) in [4.78, 5) is 29.0. The van der Waals surface area contributed by atoms with Crippen LogP contribution >= 0.6 is 11.3 Å². The van der Waals surface area contributed by atoms with Crippen molar-refractivity contribution in [2.45, 2.75) is 20.3 Å². The van der Waals surface area contributed by atoms with Gasteiger partial charge in [-0.3, -0.25) is 14.5 Å². The molecule has 1 atom stereocenters. The van der Waals surface area contributed by atoms with E-state index >= 15 is 0 Å². The first-order valence-electron chi connectivity index (χ1n) is 6.37. The van der Waals surface area contributed by atoms with Crippen LogP contribution < -0.4 is 4.90 Å². The molecule has 6 heteroatoms. The molecule has 1 aromatic carbocycles. The zero-order chi connectivity index (χ0) is 14.4. The highest BCUT2D eigenvalue weighted by atomic mass is 32.1. The van der Waals surface area contributed by atoms with E-state index in [0.717, 1.165) is 21.3 Å². The molecule has 2 heterocycles. The van der Waals surface area contributed by atoms with Gasteiger partial charge in [-0.15, -0.1) is 0 Å². The Balaban J connectivity index is 2.01. The third kappa shape index (κ3) is 1.96. The van der Waals surface area contributed by atoms with Crippen LogP contribution in [0.5, 0.6) is 0 Å². The minimum Gasteiger partial charge on any atom is -0.481 e. The van der Waals surface area contributed by atoms with E-state index in [1.807, 2.05) is 26.0 Å². The molecule has 1 fully saturated rings. The summed E-state index contributed by atoms with van der Waals surface area (Å²) in [6.45, 7) is 4.24. The average Bonchev–Trinajstić information content (AvgIpc) is 2.97. The lowest BCUT2D eigenvalue weighted by molar-refractivity contribution is -0.141. The third-order valence-corrected chi connectivity index (χ3v) is 4.82. The number of thiazole rings is 1. The molecule has 1 saturated heterocycles. The fourth-order valence-corrected chi connectivity index (χ4v) is 3.44. The third-order valence-electron chi connectivity index (χ3n) is 3.78. The van der Waals surface area contributed by atoms with E-state index in [1.165, 1.54) is 16.2 Å². The fraction of sp³-hybridized carbons (Fsp3) is 0.357. The summed E-state index contributed by atoms with van der Waals surface area (Å²) < 4.78 is 1.02. The van der Waals surface area contributed by atoms with Gasteiger partial charge in [0.15, 0.2) is 5.13 Å². The predicted octanol–water partition coefficient (Wildman–Crippen LogP) is 2.35. The number of hydrogen-bond acceptors (Lipinski definition) is 4. The van der Waals surface area contributed by atoms with E-state index in [0.29, 0.717) is 5.13 Å². The molecule has 1 aliphatic heterocycles. The van der Waals surface area contributed by atoms with Crippen LogP contribution in [0.15, 0.2) is 12.1 Å². The highest BCUT2D eigenvalue weighted by Gasteiger charge is 2.36. The van der Waals surface area contributed by atoms with E-state index in [-0.39, 0.29) is 18.9 Å². The number of rotatable bonds is 2. The molecule has 5 nitrogen and oxygen atoms in total. The van der Waals surface area contributed by atoms with Crippen LogP contribution in [-0.4, -0.2) is 28.5 Å². The van der Waals surface area contributed by atoms with Crippen LogP contribution in [0.4, 0.5) is 5.13 Å². The number of benzene rings is 1. The lowest BCUT2D eigenvalue weighted by Gasteiger charge is -2.11. The van der Waals surface area contributed by atoms with Crippen molar-refractivity contribution in [2.75, 3.05) is 11.4 Å². The number of aryl methyl sites for hydroxylation is 2. The van der Waals surface area contributed by atoms with Gasteiger partial charge in [-0.2, -0.15) is 0 Å². The van der Waals surface area contributed by atoms with Crippen molar-refractivity contribution in [3.8, 4) is 0 Å². The van der Waals surface area contributed by atoms with Crippen molar-refractivity contribution < 1.29 is 14.7 Å². The highest BCUT2D eigenvalue weighted by Crippen LogP contribution is 2.34.